The largest absolute Gasteiger partial charge is 0.381 e. The monoisotopic (exact) mass is 581 g/mol. The number of hydrogen-bond donors (Lipinski definition) is 3. The number of ether oxygens (including phenoxy) is 1. The first kappa shape index (κ1) is 31.7. The summed E-state index contributed by atoms with van der Waals surface area (Å²) in [5, 5.41) is 7.15. The summed E-state index contributed by atoms with van der Waals surface area (Å²) in [5.74, 6) is -1.68. The van der Waals surface area contributed by atoms with Crippen molar-refractivity contribution in [3.63, 3.8) is 0 Å². The molecule has 0 radical (unpaired) electrons. The van der Waals surface area contributed by atoms with Gasteiger partial charge in [-0.15, -0.1) is 0 Å². The lowest BCUT2D eigenvalue weighted by molar-refractivity contribution is -0.146. The molecule has 3 aliphatic rings. The van der Waals surface area contributed by atoms with E-state index in [1.54, 1.807) is 14.0 Å². The van der Waals surface area contributed by atoms with Crippen LogP contribution in [-0.2, 0) is 23.9 Å². The molecule has 2 fully saturated rings. The van der Waals surface area contributed by atoms with Crippen LogP contribution in [0, 0.1) is 11.8 Å². The maximum atomic E-state index is 13.7. The topological polar surface area (TPSA) is 120 Å². The minimum Gasteiger partial charge on any atom is -0.381 e. The lowest BCUT2D eigenvalue weighted by Gasteiger charge is -2.37. The molecule has 0 spiro atoms. The van der Waals surface area contributed by atoms with E-state index in [0.717, 1.165) is 24.0 Å². The van der Waals surface area contributed by atoms with E-state index in [9.17, 15) is 19.2 Å². The number of amides is 4. The number of carbonyl (C=O) groups excluding carboxylic acids is 4. The quantitative estimate of drug-likeness (QED) is 0.494. The second kappa shape index (κ2) is 14.3. The van der Waals surface area contributed by atoms with Crippen LogP contribution >= 0.6 is 0 Å². The average Bonchev–Trinajstić information content (AvgIpc) is 3.48. The van der Waals surface area contributed by atoms with Crippen LogP contribution in [0.5, 0.6) is 0 Å². The summed E-state index contributed by atoms with van der Waals surface area (Å²) in [6.45, 7) is 8.28. The molecular weight excluding hydrogens is 534 g/mol. The van der Waals surface area contributed by atoms with Crippen LogP contribution in [0.3, 0.4) is 0 Å². The van der Waals surface area contributed by atoms with E-state index in [2.05, 4.69) is 40.3 Å². The maximum absolute atomic E-state index is 13.7. The van der Waals surface area contributed by atoms with Gasteiger partial charge in [0.15, 0.2) is 0 Å². The molecule has 6 atom stereocenters. The van der Waals surface area contributed by atoms with Gasteiger partial charge in [0.2, 0.25) is 17.7 Å². The third kappa shape index (κ3) is 7.39. The highest BCUT2D eigenvalue weighted by Crippen LogP contribution is 2.33. The lowest BCUT2D eigenvalue weighted by Crippen LogP contribution is -2.62. The first-order valence-electron chi connectivity index (χ1n) is 15.4. The summed E-state index contributed by atoms with van der Waals surface area (Å²) >= 11 is 0. The van der Waals surface area contributed by atoms with Crippen LogP contribution in [0.2, 0.25) is 0 Å². The standard InChI is InChI=1S/C32H47N5O5/c1-20(2)28-30(39)33-22(4)31(40)37-18-9-14-25(35-37)32(41)36-17-10-15-26(36)24-13-8-12-23(19-24)11-6-7-16-27(42-5)21(3)29(38)34-28/h6,8,11-13,19-22,25-28,35H,7,9-10,14-18H2,1-5H3,(H,33,39)(H,34,38)/t21-,22+,25+,26?,27-,28+/m1/s1. The van der Waals surface area contributed by atoms with Gasteiger partial charge in [0.05, 0.1) is 18.1 Å². The van der Waals surface area contributed by atoms with E-state index in [1.807, 2.05) is 37.8 Å². The molecule has 1 aromatic carbocycles. The van der Waals surface area contributed by atoms with Crippen LogP contribution in [0.15, 0.2) is 30.3 Å². The van der Waals surface area contributed by atoms with E-state index in [1.165, 1.54) is 5.01 Å². The van der Waals surface area contributed by atoms with Crippen molar-refractivity contribution in [1.82, 2.24) is 26.0 Å². The highest BCUT2D eigenvalue weighted by Gasteiger charge is 2.38. The van der Waals surface area contributed by atoms with Gasteiger partial charge in [-0.3, -0.25) is 24.2 Å². The van der Waals surface area contributed by atoms with Crippen LogP contribution in [-0.4, -0.2) is 78.0 Å². The Morgan fingerprint density at radius 3 is 2.43 bits per heavy atom. The zero-order valence-corrected chi connectivity index (χ0v) is 25.6. The predicted octanol–water partition coefficient (Wildman–Crippen LogP) is 2.95. The predicted molar refractivity (Wildman–Crippen MR) is 161 cm³/mol. The van der Waals surface area contributed by atoms with Crippen molar-refractivity contribution >= 4 is 29.7 Å². The normalized spacial score (nSPS) is 30.3. The molecule has 4 rings (SSSR count). The van der Waals surface area contributed by atoms with E-state index >= 15 is 0 Å². The maximum Gasteiger partial charge on any atom is 0.258 e. The minimum atomic E-state index is -0.840. The van der Waals surface area contributed by atoms with E-state index < -0.39 is 30.0 Å². The molecular formula is C32H47N5O5. The van der Waals surface area contributed by atoms with Gasteiger partial charge in [-0.25, -0.2) is 5.43 Å². The van der Waals surface area contributed by atoms with Crippen molar-refractivity contribution in [1.29, 1.82) is 0 Å². The highest BCUT2D eigenvalue weighted by atomic mass is 16.5. The van der Waals surface area contributed by atoms with Crippen molar-refractivity contribution in [2.45, 2.75) is 96.5 Å². The Kier molecular flexibility index (Phi) is 10.8. The van der Waals surface area contributed by atoms with Gasteiger partial charge in [-0.05, 0) is 68.6 Å². The zero-order valence-electron chi connectivity index (χ0n) is 25.6. The van der Waals surface area contributed by atoms with E-state index in [4.69, 9.17) is 4.74 Å². The van der Waals surface area contributed by atoms with E-state index in [-0.39, 0.29) is 35.8 Å². The summed E-state index contributed by atoms with van der Waals surface area (Å²) in [6, 6.07) is 6.12. The second-order valence-electron chi connectivity index (χ2n) is 12.2. The molecule has 1 aromatic rings. The number of benzene rings is 1. The zero-order chi connectivity index (χ0) is 30.4. The van der Waals surface area contributed by atoms with Crippen LogP contribution in [0.4, 0.5) is 0 Å². The Labute approximate surface area is 249 Å². The third-order valence-corrected chi connectivity index (χ3v) is 8.76. The fourth-order valence-corrected chi connectivity index (χ4v) is 6.21. The fraction of sp³-hybridized carbons (Fsp3) is 0.625. The van der Waals surface area contributed by atoms with Gasteiger partial charge < -0.3 is 20.3 Å². The molecule has 230 valence electrons. The number of hydrogen-bond acceptors (Lipinski definition) is 6. The minimum absolute atomic E-state index is 0.00270. The van der Waals surface area contributed by atoms with Gasteiger partial charge in [0, 0.05) is 20.2 Å². The molecule has 3 aliphatic heterocycles. The van der Waals surface area contributed by atoms with Gasteiger partial charge in [0.1, 0.15) is 18.1 Å². The summed E-state index contributed by atoms with van der Waals surface area (Å²) < 4.78 is 5.67. The van der Waals surface area contributed by atoms with Gasteiger partial charge >= 0.3 is 0 Å². The number of nitrogens with one attached hydrogen (secondary N) is 3. The number of fused-ring (bicyclic) bond motifs is 6. The number of rotatable bonds is 2. The molecule has 2 saturated heterocycles. The van der Waals surface area contributed by atoms with Gasteiger partial charge in [-0.2, -0.15) is 0 Å². The molecule has 3 heterocycles. The Morgan fingerprint density at radius 2 is 1.69 bits per heavy atom. The number of nitrogens with zero attached hydrogens (tertiary/aromatic N) is 2. The lowest BCUT2D eigenvalue weighted by atomic mass is 9.96. The highest BCUT2D eigenvalue weighted by molar-refractivity contribution is 5.92. The summed E-state index contributed by atoms with van der Waals surface area (Å²) in [5.41, 5.74) is 5.32. The smallest absolute Gasteiger partial charge is 0.258 e. The molecule has 3 N–H and O–H groups in total. The van der Waals surface area contributed by atoms with Crippen molar-refractivity contribution in [3.8, 4) is 0 Å². The first-order chi connectivity index (χ1) is 20.1. The molecule has 0 aromatic heterocycles. The van der Waals surface area contributed by atoms with Crippen molar-refractivity contribution in [3.05, 3.63) is 41.5 Å². The number of allylic oxidation sites excluding steroid dienone is 1. The summed E-state index contributed by atoms with van der Waals surface area (Å²) in [6.07, 6.45) is 8.32. The van der Waals surface area contributed by atoms with Gasteiger partial charge in [0.25, 0.3) is 5.91 Å². The second-order valence-corrected chi connectivity index (χ2v) is 12.2. The Bertz CT molecular complexity index is 1170. The Balaban J connectivity index is 1.62. The fourth-order valence-electron chi connectivity index (χ4n) is 6.21. The van der Waals surface area contributed by atoms with E-state index in [0.29, 0.717) is 38.8 Å². The number of hydrazine groups is 1. The molecule has 0 saturated carbocycles. The first-order valence-corrected chi connectivity index (χ1v) is 15.4. The average molecular weight is 582 g/mol. The molecule has 1 unspecified atom stereocenters. The third-order valence-electron chi connectivity index (χ3n) is 8.76. The van der Waals surface area contributed by atoms with Crippen molar-refractivity contribution < 1.29 is 23.9 Å². The van der Waals surface area contributed by atoms with Crippen molar-refractivity contribution in [2.75, 3.05) is 20.2 Å². The molecule has 4 bridgehead atoms. The summed E-state index contributed by atoms with van der Waals surface area (Å²) in [4.78, 5) is 55.6. The van der Waals surface area contributed by atoms with Crippen LogP contribution in [0.25, 0.3) is 6.08 Å². The number of carbonyl (C=O) groups is 4. The molecule has 42 heavy (non-hydrogen) atoms. The van der Waals surface area contributed by atoms with Crippen LogP contribution in [0.1, 0.15) is 83.4 Å². The molecule has 10 heteroatoms. The SMILES string of the molecule is CO[C@@H]1CCC=Cc2cccc(c2)C2CCCN2C(=O)[C@@H]2CCCN(N2)C(=O)[C@H](C)NC(=O)[C@H](C(C)C)NC(=O)[C@@H]1C. The Hall–Kier alpha value is -3.24. The Morgan fingerprint density at radius 1 is 0.929 bits per heavy atom. The number of methoxy groups -OCH3 is 1. The van der Waals surface area contributed by atoms with Crippen molar-refractivity contribution in [2.24, 2.45) is 11.8 Å². The summed E-state index contributed by atoms with van der Waals surface area (Å²) in [7, 11) is 1.60. The van der Waals surface area contributed by atoms with Crippen LogP contribution < -0.4 is 16.1 Å². The van der Waals surface area contributed by atoms with Gasteiger partial charge in [-0.1, -0.05) is 51.1 Å². The molecule has 10 nitrogen and oxygen atoms in total. The molecule has 4 amide bonds. The molecule has 0 aliphatic carbocycles.